The van der Waals surface area contributed by atoms with Crippen molar-refractivity contribution in [1.29, 1.82) is 0 Å². The summed E-state index contributed by atoms with van der Waals surface area (Å²) in [6, 6.07) is 10.8. The molecule has 0 heterocycles. The minimum absolute atomic E-state index is 0.0120. The van der Waals surface area contributed by atoms with Gasteiger partial charge in [0.25, 0.3) is 5.91 Å². The normalized spacial score (nSPS) is 11.5. The summed E-state index contributed by atoms with van der Waals surface area (Å²) < 4.78 is 39.6. The van der Waals surface area contributed by atoms with Gasteiger partial charge in [0, 0.05) is 17.3 Å². The van der Waals surface area contributed by atoms with Crippen LogP contribution in [0.3, 0.4) is 0 Å². The minimum Gasteiger partial charge on any atom is -0.322 e. The van der Waals surface area contributed by atoms with Crippen molar-refractivity contribution in [3.05, 3.63) is 59.9 Å². The highest BCUT2D eigenvalue weighted by atomic mass is 32.2. The van der Waals surface area contributed by atoms with E-state index in [1.165, 1.54) is 48.5 Å². The molecular formula is C16H17FN2O3S. The van der Waals surface area contributed by atoms with Crippen LogP contribution in [0.2, 0.25) is 0 Å². The van der Waals surface area contributed by atoms with E-state index in [4.69, 9.17) is 0 Å². The predicted octanol–water partition coefficient (Wildman–Crippen LogP) is 2.76. The molecule has 0 atom stereocenters. The molecule has 5 nitrogen and oxygen atoms in total. The van der Waals surface area contributed by atoms with Gasteiger partial charge >= 0.3 is 0 Å². The molecule has 0 aliphatic rings. The largest absolute Gasteiger partial charge is 0.322 e. The Morgan fingerprint density at radius 2 is 1.74 bits per heavy atom. The molecule has 0 saturated heterocycles. The topological polar surface area (TPSA) is 75.3 Å². The number of sulfonamides is 1. The average molecular weight is 336 g/mol. The van der Waals surface area contributed by atoms with Crippen LogP contribution >= 0.6 is 0 Å². The Bertz CT molecular complexity index is 802. The number of benzene rings is 2. The van der Waals surface area contributed by atoms with Crippen molar-refractivity contribution in [3.63, 3.8) is 0 Å². The summed E-state index contributed by atoms with van der Waals surface area (Å²) in [6.07, 6.45) is 0. The van der Waals surface area contributed by atoms with Crippen LogP contribution in [-0.4, -0.2) is 20.4 Å². The van der Waals surface area contributed by atoms with E-state index < -0.39 is 21.7 Å². The van der Waals surface area contributed by atoms with Gasteiger partial charge in [0.2, 0.25) is 10.0 Å². The van der Waals surface area contributed by atoms with Crippen LogP contribution < -0.4 is 10.0 Å². The number of anilines is 1. The average Bonchev–Trinajstić information content (AvgIpc) is 2.48. The lowest BCUT2D eigenvalue weighted by atomic mass is 10.2. The Balaban J connectivity index is 2.22. The number of halogens is 1. The van der Waals surface area contributed by atoms with E-state index in [0.717, 1.165) is 0 Å². The second-order valence-electron chi connectivity index (χ2n) is 5.26. The fourth-order valence-electron chi connectivity index (χ4n) is 1.92. The highest BCUT2D eigenvalue weighted by molar-refractivity contribution is 7.89. The van der Waals surface area contributed by atoms with Gasteiger partial charge in [0.15, 0.2) is 0 Å². The fraction of sp³-hybridized carbons (Fsp3) is 0.188. The van der Waals surface area contributed by atoms with Crippen LogP contribution in [-0.2, 0) is 10.0 Å². The van der Waals surface area contributed by atoms with Crippen molar-refractivity contribution >= 4 is 21.6 Å². The maximum atomic E-state index is 12.8. The quantitative estimate of drug-likeness (QED) is 0.881. The van der Waals surface area contributed by atoms with E-state index in [1.807, 2.05) is 0 Å². The third kappa shape index (κ3) is 4.61. The molecule has 0 aromatic heterocycles. The lowest BCUT2D eigenvalue weighted by Crippen LogP contribution is -2.30. The summed E-state index contributed by atoms with van der Waals surface area (Å²) in [5.41, 5.74) is 0.617. The van der Waals surface area contributed by atoms with Gasteiger partial charge in [0.1, 0.15) is 5.82 Å². The highest BCUT2D eigenvalue weighted by Gasteiger charge is 2.17. The molecule has 2 N–H and O–H groups in total. The predicted molar refractivity (Wildman–Crippen MR) is 86.3 cm³/mol. The van der Waals surface area contributed by atoms with Gasteiger partial charge in [-0.15, -0.1) is 0 Å². The van der Waals surface area contributed by atoms with E-state index in [0.29, 0.717) is 5.69 Å². The smallest absolute Gasteiger partial charge is 0.255 e. The van der Waals surface area contributed by atoms with Crippen molar-refractivity contribution in [2.24, 2.45) is 0 Å². The maximum absolute atomic E-state index is 12.8. The van der Waals surface area contributed by atoms with Gasteiger partial charge in [0.05, 0.1) is 4.90 Å². The molecule has 2 aromatic carbocycles. The van der Waals surface area contributed by atoms with Gasteiger partial charge < -0.3 is 5.32 Å². The molecule has 7 heteroatoms. The van der Waals surface area contributed by atoms with Crippen LogP contribution in [0, 0.1) is 5.82 Å². The molecule has 2 rings (SSSR count). The van der Waals surface area contributed by atoms with Crippen molar-refractivity contribution in [2.75, 3.05) is 5.32 Å². The van der Waals surface area contributed by atoms with E-state index in [1.54, 1.807) is 13.8 Å². The summed E-state index contributed by atoms with van der Waals surface area (Å²) in [5.74, 6) is -0.881. The lowest BCUT2D eigenvalue weighted by molar-refractivity contribution is 0.102. The Kier molecular flexibility index (Phi) is 5.12. The number of hydrogen-bond acceptors (Lipinski definition) is 3. The molecule has 0 aliphatic heterocycles. The molecular weight excluding hydrogens is 319 g/mol. The first-order valence-corrected chi connectivity index (χ1v) is 8.45. The molecule has 23 heavy (non-hydrogen) atoms. The SMILES string of the molecule is CC(C)NS(=O)(=O)c1cccc(C(=O)Nc2ccc(F)cc2)c1. The third-order valence-corrected chi connectivity index (χ3v) is 4.56. The maximum Gasteiger partial charge on any atom is 0.255 e. The molecule has 0 aliphatic carbocycles. The highest BCUT2D eigenvalue weighted by Crippen LogP contribution is 2.15. The number of carbonyl (C=O) groups excluding carboxylic acids is 1. The van der Waals surface area contributed by atoms with Crippen molar-refractivity contribution in [3.8, 4) is 0 Å². The van der Waals surface area contributed by atoms with Crippen molar-refractivity contribution in [1.82, 2.24) is 4.72 Å². The fourth-order valence-corrected chi connectivity index (χ4v) is 3.22. The van der Waals surface area contributed by atoms with Gasteiger partial charge in [-0.25, -0.2) is 17.5 Å². The lowest BCUT2D eigenvalue weighted by Gasteiger charge is -2.11. The standard InChI is InChI=1S/C16H17FN2O3S/c1-11(2)19-23(21,22)15-5-3-4-12(10-15)16(20)18-14-8-6-13(17)7-9-14/h3-11,19H,1-2H3,(H,18,20). The number of amides is 1. The molecule has 0 spiro atoms. The van der Waals surface area contributed by atoms with Crippen molar-refractivity contribution < 1.29 is 17.6 Å². The first-order chi connectivity index (χ1) is 10.8. The van der Waals surface area contributed by atoms with Crippen molar-refractivity contribution in [2.45, 2.75) is 24.8 Å². The summed E-state index contributed by atoms with van der Waals surface area (Å²) in [6.45, 7) is 3.42. The number of carbonyl (C=O) groups is 1. The summed E-state index contributed by atoms with van der Waals surface area (Å²) in [7, 11) is -3.67. The zero-order chi connectivity index (χ0) is 17.0. The summed E-state index contributed by atoms with van der Waals surface area (Å²) in [5, 5.41) is 2.58. The van der Waals surface area contributed by atoms with Gasteiger partial charge in [-0.2, -0.15) is 0 Å². The van der Waals surface area contributed by atoms with Gasteiger partial charge in [-0.3, -0.25) is 4.79 Å². The van der Waals surface area contributed by atoms with Crippen LogP contribution in [0.15, 0.2) is 53.4 Å². The molecule has 122 valence electrons. The molecule has 1 amide bonds. The number of rotatable bonds is 5. The second kappa shape index (κ2) is 6.89. The zero-order valence-corrected chi connectivity index (χ0v) is 13.5. The first-order valence-electron chi connectivity index (χ1n) is 6.97. The molecule has 0 saturated carbocycles. The Morgan fingerprint density at radius 3 is 2.35 bits per heavy atom. The van der Waals surface area contributed by atoms with Crippen LogP contribution in [0.5, 0.6) is 0 Å². The Labute approximate surface area is 134 Å². The number of hydrogen-bond donors (Lipinski definition) is 2. The molecule has 2 aromatic rings. The monoisotopic (exact) mass is 336 g/mol. The molecule has 0 bridgehead atoms. The van der Waals surface area contributed by atoms with Crippen LogP contribution in [0.1, 0.15) is 24.2 Å². The van der Waals surface area contributed by atoms with E-state index in [9.17, 15) is 17.6 Å². The summed E-state index contributed by atoms with van der Waals surface area (Å²) >= 11 is 0. The molecule has 0 unspecified atom stereocenters. The van der Waals surface area contributed by atoms with E-state index in [2.05, 4.69) is 10.0 Å². The second-order valence-corrected chi connectivity index (χ2v) is 6.98. The number of nitrogens with one attached hydrogen (secondary N) is 2. The van der Waals surface area contributed by atoms with Crippen LogP contribution in [0.25, 0.3) is 0 Å². The Hall–Kier alpha value is -2.25. The minimum atomic E-state index is -3.67. The van der Waals surface area contributed by atoms with E-state index in [-0.39, 0.29) is 16.5 Å². The van der Waals surface area contributed by atoms with Gasteiger partial charge in [-0.05, 0) is 56.3 Å². The zero-order valence-electron chi connectivity index (χ0n) is 12.7. The van der Waals surface area contributed by atoms with E-state index >= 15 is 0 Å². The molecule has 0 fully saturated rings. The summed E-state index contributed by atoms with van der Waals surface area (Å²) in [4.78, 5) is 12.2. The third-order valence-electron chi connectivity index (χ3n) is 2.90. The van der Waals surface area contributed by atoms with Crippen LogP contribution in [0.4, 0.5) is 10.1 Å². The van der Waals surface area contributed by atoms with Gasteiger partial charge in [-0.1, -0.05) is 6.07 Å². The first kappa shape index (κ1) is 17.1. The molecule has 0 radical (unpaired) electrons. The Morgan fingerprint density at radius 1 is 1.09 bits per heavy atom.